The number of halogens is 1. The molecule has 0 radical (unpaired) electrons. The number of cyclic esters (lactones) is 1. The van der Waals surface area contributed by atoms with Crippen LogP contribution < -0.4 is 4.74 Å². The standard InChI is InChI=1S/C16H13IO4/c17-15-13(20-8-10-4-2-1-3-5-10)6-11-7-14(18)21-9-12(11)16(15)19/h1-6,19H,7-9H2. The molecule has 1 aliphatic rings. The van der Waals surface area contributed by atoms with Crippen LogP contribution in [-0.4, -0.2) is 11.1 Å². The van der Waals surface area contributed by atoms with Crippen molar-refractivity contribution in [1.82, 2.24) is 0 Å². The number of ether oxygens (including phenoxy) is 2. The van der Waals surface area contributed by atoms with Crippen LogP contribution in [0.15, 0.2) is 36.4 Å². The van der Waals surface area contributed by atoms with Crippen LogP contribution in [0.5, 0.6) is 11.5 Å². The molecule has 2 aromatic carbocycles. The quantitative estimate of drug-likeness (QED) is 0.640. The molecule has 0 aromatic heterocycles. The SMILES string of the molecule is O=C1Cc2cc(OCc3ccccc3)c(I)c(O)c2CO1. The Labute approximate surface area is 135 Å². The van der Waals surface area contributed by atoms with E-state index in [-0.39, 0.29) is 24.7 Å². The molecule has 0 spiro atoms. The number of hydrogen-bond acceptors (Lipinski definition) is 4. The molecule has 0 fully saturated rings. The number of fused-ring (bicyclic) bond motifs is 1. The second kappa shape index (κ2) is 5.93. The average Bonchev–Trinajstić information content (AvgIpc) is 2.50. The molecule has 1 N–H and O–H groups in total. The number of esters is 1. The van der Waals surface area contributed by atoms with E-state index in [4.69, 9.17) is 9.47 Å². The van der Waals surface area contributed by atoms with Crippen molar-refractivity contribution >= 4 is 28.6 Å². The highest BCUT2D eigenvalue weighted by molar-refractivity contribution is 14.1. The van der Waals surface area contributed by atoms with E-state index in [0.29, 0.717) is 21.5 Å². The van der Waals surface area contributed by atoms with Gasteiger partial charge in [-0.3, -0.25) is 4.79 Å². The van der Waals surface area contributed by atoms with Gasteiger partial charge in [0.2, 0.25) is 0 Å². The lowest BCUT2D eigenvalue weighted by Gasteiger charge is -2.20. The van der Waals surface area contributed by atoms with Crippen molar-refractivity contribution in [2.75, 3.05) is 0 Å². The molecule has 4 nitrogen and oxygen atoms in total. The van der Waals surface area contributed by atoms with Gasteiger partial charge in [-0.2, -0.15) is 0 Å². The zero-order valence-corrected chi connectivity index (χ0v) is 13.3. The highest BCUT2D eigenvalue weighted by Gasteiger charge is 2.24. The molecule has 2 aromatic rings. The Balaban J connectivity index is 1.87. The van der Waals surface area contributed by atoms with Crippen molar-refractivity contribution in [2.45, 2.75) is 19.6 Å². The maximum Gasteiger partial charge on any atom is 0.310 e. The molecule has 108 valence electrons. The molecule has 3 rings (SSSR count). The molecule has 0 unspecified atom stereocenters. The van der Waals surface area contributed by atoms with E-state index in [1.54, 1.807) is 0 Å². The third-order valence-electron chi connectivity index (χ3n) is 3.35. The van der Waals surface area contributed by atoms with Gasteiger partial charge in [0.25, 0.3) is 0 Å². The van der Waals surface area contributed by atoms with Gasteiger partial charge in [0, 0.05) is 5.56 Å². The van der Waals surface area contributed by atoms with Crippen molar-refractivity contribution in [1.29, 1.82) is 0 Å². The zero-order chi connectivity index (χ0) is 14.8. The Morgan fingerprint density at radius 2 is 2.05 bits per heavy atom. The second-order valence-electron chi connectivity index (χ2n) is 4.79. The fraction of sp³-hybridized carbons (Fsp3) is 0.188. The summed E-state index contributed by atoms with van der Waals surface area (Å²) in [6.07, 6.45) is 0.168. The number of phenolic OH excluding ortho intramolecular Hbond substituents is 1. The third-order valence-corrected chi connectivity index (χ3v) is 4.39. The number of hydrogen-bond donors (Lipinski definition) is 1. The molecule has 1 heterocycles. The Morgan fingerprint density at radius 1 is 1.29 bits per heavy atom. The number of rotatable bonds is 3. The lowest BCUT2D eigenvalue weighted by molar-refractivity contribution is -0.145. The number of carbonyl (C=O) groups excluding carboxylic acids is 1. The number of aromatic hydroxyl groups is 1. The van der Waals surface area contributed by atoms with Gasteiger partial charge in [0.05, 0.1) is 9.99 Å². The molecular weight excluding hydrogens is 383 g/mol. The van der Waals surface area contributed by atoms with E-state index in [1.807, 2.05) is 59.0 Å². The summed E-state index contributed by atoms with van der Waals surface area (Å²) in [6.45, 7) is 0.536. The van der Waals surface area contributed by atoms with Crippen molar-refractivity contribution in [3.8, 4) is 11.5 Å². The summed E-state index contributed by atoms with van der Waals surface area (Å²) < 4.78 is 11.4. The Bertz CT molecular complexity index is 682. The van der Waals surface area contributed by atoms with Crippen molar-refractivity contribution in [3.05, 3.63) is 56.7 Å². The van der Waals surface area contributed by atoms with Crippen LogP contribution in [0.4, 0.5) is 0 Å². The first-order valence-corrected chi connectivity index (χ1v) is 7.58. The van der Waals surface area contributed by atoms with Gasteiger partial charge >= 0.3 is 5.97 Å². The minimum Gasteiger partial charge on any atom is -0.506 e. The maximum absolute atomic E-state index is 11.4. The Morgan fingerprint density at radius 3 is 2.81 bits per heavy atom. The monoisotopic (exact) mass is 396 g/mol. The van der Waals surface area contributed by atoms with Crippen LogP contribution in [0.3, 0.4) is 0 Å². The molecular formula is C16H13IO4. The van der Waals surface area contributed by atoms with Crippen molar-refractivity contribution in [3.63, 3.8) is 0 Å². The highest BCUT2D eigenvalue weighted by Crippen LogP contribution is 2.38. The number of phenols is 1. The highest BCUT2D eigenvalue weighted by atomic mass is 127. The fourth-order valence-electron chi connectivity index (χ4n) is 2.23. The smallest absolute Gasteiger partial charge is 0.310 e. The van der Waals surface area contributed by atoms with Gasteiger partial charge in [-0.25, -0.2) is 0 Å². The minimum atomic E-state index is -0.280. The molecule has 0 atom stereocenters. The minimum absolute atomic E-state index is 0.120. The van der Waals surface area contributed by atoms with E-state index in [0.717, 1.165) is 11.1 Å². The first kappa shape index (κ1) is 14.2. The summed E-state index contributed by atoms with van der Waals surface area (Å²) in [5.74, 6) is 0.450. The zero-order valence-electron chi connectivity index (χ0n) is 11.1. The molecule has 0 aliphatic carbocycles. The largest absolute Gasteiger partial charge is 0.506 e. The molecule has 5 heteroatoms. The third kappa shape index (κ3) is 2.97. The van der Waals surface area contributed by atoms with Crippen LogP contribution >= 0.6 is 22.6 Å². The predicted octanol–water partition coefficient (Wildman–Crippen LogP) is 3.18. The number of benzene rings is 2. The molecule has 1 aliphatic heterocycles. The average molecular weight is 396 g/mol. The lowest BCUT2D eigenvalue weighted by atomic mass is 10.0. The topological polar surface area (TPSA) is 55.8 Å². The number of carbonyl (C=O) groups is 1. The summed E-state index contributed by atoms with van der Waals surface area (Å²) in [7, 11) is 0. The predicted molar refractivity (Wildman–Crippen MR) is 85.1 cm³/mol. The van der Waals surface area contributed by atoms with E-state index in [1.165, 1.54) is 0 Å². The van der Waals surface area contributed by atoms with Crippen LogP contribution in [0, 0.1) is 3.57 Å². The van der Waals surface area contributed by atoms with Gasteiger partial charge in [-0.1, -0.05) is 30.3 Å². The molecule has 21 heavy (non-hydrogen) atoms. The van der Waals surface area contributed by atoms with E-state index < -0.39 is 0 Å². The van der Waals surface area contributed by atoms with E-state index >= 15 is 0 Å². The van der Waals surface area contributed by atoms with Crippen molar-refractivity contribution < 1.29 is 19.4 Å². The van der Waals surface area contributed by atoms with Crippen LogP contribution in [0.1, 0.15) is 16.7 Å². The van der Waals surface area contributed by atoms with Crippen LogP contribution in [-0.2, 0) is 29.2 Å². The van der Waals surface area contributed by atoms with Crippen LogP contribution in [0.2, 0.25) is 0 Å². The fourth-order valence-corrected chi connectivity index (χ4v) is 2.87. The van der Waals surface area contributed by atoms with Gasteiger partial charge in [-0.15, -0.1) is 0 Å². The first-order chi connectivity index (χ1) is 10.1. The van der Waals surface area contributed by atoms with Gasteiger partial charge in [0.15, 0.2) is 0 Å². The van der Waals surface area contributed by atoms with E-state index in [9.17, 15) is 9.90 Å². The molecule has 0 amide bonds. The summed E-state index contributed by atoms with van der Waals surface area (Å²) in [4.78, 5) is 11.4. The van der Waals surface area contributed by atoms with Crippen molar-refractivity contribution in [2.24, 2.45) is 0 Å². The van der Waals surface area contributed by atoms with Gasteiger partial charge in [0.1, 0.15) is 24.7 Å². The lowest BCUT2D eigenvalue weighted by Crippen LogP contribution is -2.17. The first-order valence-electron chi connectivity index (χ1n) is 6.50. The summed E-state index contributed by atoms with van der Waals surface area (Å²) >= 11 is 2.04. The maximum atomic E-state index is 11.4. The Kier molecular flexibility index (Phi) is 4.01. The van der Waals surface area contributed by atoms with Crippen LogP contribution in [0.25, 0.3) is 0 Å². The summed E-state index contributed by atoms with van der Waals surface area (Å²) in [5.41, 5.74) is 2.49. The molecule has 0 saturated carbocycles. The summed E-state index contributed by atoms with van der Waals surface area (Å²) in [5, 5.41) is 10.2. The van der Waals surface area contributed by atoms with Gasteiger partial charge < -0.3 is 14.6 Å². The molecule has 0 bridgehead atoms. The van der Waals surface area contributed by atoms with E-state index in [2.05, 4.69) is 0 Å². The summed E-state index contributed by atoms with van der Waals surface area (Å²) in [6, 6.07) is 11.6. The normalized spacial score (nSPS) is 13.5. The van der Waals surface area contributed by atoms with Gasteiger partial charge in [-0.05, 0) is 39.8 Å². The second-order valence-corrected chi connectivity index (χ2v) is 5.87. The molecule has 0 saturated heterocycles. The Hall–Kier alpha value is -1.76.